The molecule has 10 heteroatoms. The largest absolute Gasteiger partial charge is 0.497 e. The Morgan fingerprint density at radius 2 is 1.94 bits per heavy atom. The summed E-state index contributed by atoms with van der Waals surface area (Å²) in [6.45, 7) is 0.326. The first-order valence-corrected chi connectivity index (χ1v) is 11.5. The average molecular weight is 447 g/mol. The van der Waals surface area contributed by atoms with E-state index in [0.29, 0.717) is 17.1 Å². The van der Waals surface area contributed by atoms with Crippen molar-refractivity contribution in [3.05, 3.63) is 59.7 Å². The molecule has 0 saturated carbocycles. The van der Waals surface area contributed by atoms with Crippen molar-refractivity contribution in [2.24, 2.45) is 5.73 Å². The number of nitrogens with one attached hydrogen (secondary N) is 2. The number of carbonyl (C=O) groups excluding carboxylic acids is 1. The van der Waals surface area contributed by atoms with E-state index in [1.54, 1.807) is 43.5 Å². The van der Waals surface area contributed by atoms with Crippen molar-refractivity contribution in [2.75, 3.05) is 19.9 Å². The highest BCUT2D eigenvalue weighted by atomic mass is 32.2. The van der Waals surface area contributed by atoms with Crippen LogP contribution in [0.25, 0.3) is 0 Å². The Morgan fingerprint density at radius 1 is 1.23 bits per heavy atom. The van der Waals surface area contributed by atoms with Gasteiger partial charge in [-0.25, -0.2) is 8.42 Å². The maximum atomic E-state index is 12.8. The number of nitrogens with zero attached hydrogens (tertiary/aromatic N) is 1. The molecule has 0 radical (unpaired) electrons. The summed E-state index contributed by atoms with van der Waals surface area (Å²) in [6.07, 6.45) is 0.787. The van der Waals surface area contributed by atoms with Gasteiger partial charge >= 0.3 is 0 Å². The number of amides is 1. The maximum absolute atomic E-state index is 12.8. The molecule has 166 valence electrons. The first-order valence-electron chi connectivity index (χ1n) is 9.66. The summed E-state index contributed by atoms with van der Waals surface area (Å²) in [6, 6.07) is 13.1. The molecule has 1 saturated heterocycles. The van der Waals surface area contributed by atoms with E-state index < -0.39 is 22.2 Å². The van der Waals surface area contributed by atoms with Crippen LogP contribution in [0.4, 0.5) is 0 Å². The predicted molar refractivity (Wildman–Crippen MR) is 117 cm³/mol. The number of benzene rings is 2. The van der Waals surface area contributed by atoms with Gasteiger partial charge in [-0.05, 0) is 29.8 Å². The van der Waals surface area contributed by atoms with E-state index in [1.165, 1.54) is 0 Å². The van der Waals surface area contributed by atoms with Gasteiger partial charge in [0.1, 0.15) is 29.5 Å². The maximum Gasteiger partial charge on any atom is 0.238 e. The van der Waals surface area contributed by atoms with Gasteiger partial charge in [0.2, 0.25) is 15.9 Å². The lowest BCUT2D eigenvalue weighted by molar-refractivity contribution is -0.124. The predicted octanol–water partition coefficient (Wildman–Crippen LogP) is 1.08. The van der Waals surface area contributed by atoms with Crippen LogP contribution in [0, 0.1) is 5.41 Å². The van der Waals surface area contributed by atoms with Crippen LogP contribution in [-0.4, -0.2) is 56.5 Å². The number of rotatable bonds is 8. The van der Waals surface area contributed by atoms with Crippen LogP contribution in [0.5, 0.6) is 11.5 Å². The number of hydrogen-bond acceptors (Lipinski definition) is 6. The molecule has 0 spiro atoms. The summed E-state index contributed by atoms with van der Waals surface area (Å²) in [7, 11) is -2.04. The van der Waals surface area contributed by atoms with Crippen molar-refractivity contribution in [3.63, 3.8) is 0 Å². The summed E-state index contributed by atoms with van der Waals surface area (Å²) >= 11 is 0. The van der Waals surface area contributed by atoms with E-state index in [-0.39, 0.29) is 31.3 Å². The number of amidine groups is 1. The van der Waals surface area contributed by atoms with Gasteiger partial charge in [0.05, 0.1) is 19.9 Å². The highest BCUT2D eigenvalue weighted by molar-refractivity contribution is 7.88. The Hall–Kier alpha value is -3.11. The van der Waals surface area contributed by atoms with Gasteiger partial charge in [-0.15, -0.1) is 0 Å². The molecule has 0 unspecified atom stereocenters. The van der Waals surface area contributed by atoms with Gasteiger partial charge in [-0.2, -0.15) is 4.31 Å². The van der Waals surface area contributed by atoms with Crippen LogP contribution in [-0.2, 0) is 21.4 Å². The molecular formula is C21H26N4O5S. The number of sulfonamides is 1. The standard InChI is InChI=1S/C21H26N4O5S/c1-29-16-8-6-14(7-9-16)12-24-21(26)19-11-18(13-25(19)31(2,27)28)30-17-5-3-4-15(10-17)20(22)23/h3-10,18-19H,11-13H2,1-2H3,(H3,22,23)(H,24,26)/t18-,19+/m1/s1. The second kappa shape index (κ2) is 9.36. The van der Waals surface area contributed by atoms with Gasteiger partial charge < -0.3 is 20.5 Å². The summed E-state index contributed by atoms with van der Waals surface area (Å²) in [5.41, 5.74) is 6.88. The third-order valence-electron chi connectivity index (χ3n) is 5.02. The zero-order valence-corrected chi connectivity index (χ0v) is 18.2. The fourth-order valence-electron chi connectivity index (χ4n) is 3.44. The second-order valence-electron chi connectivity index (χ2n) is 7.33. The number of hydrogen-bond donors (Lipinski definition) is 3. The molecule has 0 bridgehead atoms. The normalized spacial score (nSPS) is 19.0. The minimum atomic E-state index is -3.61. The van der Waals surface area contributed by atoms with Gasteiger partial charge in [0, 0.05) is 18.5 Å². The van der Waals surface area contributed by atoms with E-state index in [9.17, 15) is 13.2 Å². The van der Waals surface area contributed by atoms with Crippen LogP contribution in [0.1, 0.15) is 17.5 Å². The van der Waals surface area contributed by atoms with E-state index in [4.69, 9.17) is 20.6 Å². The molecule has 31 heavy (non-hydrogen) atoms. The molecule has 3 rings (SSSR count). The highest BCUT2D eigenvalue weighted by Crippen LogP contribution is 2.26. The Morgan fingerprint density at radius 3 is 2.55 bits per heavy atom. The molecule has 2 aromatic rings. The molecule has 9 nitrogen and oxygen atoms in total. The third kappa shape index (κ3) is 5.74. The number of carbonyl (C=O) groups is 1. The van der Waals surface area contributed by atoms with Crippen LogP contribution in [0.3, 0.4) is 0 Å². The van der Waals surface area contributed by atoms with Crippen molar-refractivity contribution in [2.45, 2.75) is 25.1 Å². The lowest BCUT2D eigenvalue weighted by Gasteiger charge is -2.20. The SMILES string of the molecule is COc1ccc(CNC(=O)[C@@H]2C[C@@H](Oc3cccc(C(=N)N)c3)CN2S(C)(=O)=O)cc1. The van der Waals surface area contributed by atoms with Crippen molar-refractivity contribution < 1.29 is 22.7 Å². The highest BCUT2D eigenvalue weighted by Gasteiger charge is 2.42. The summed E-state index contributed by atoms with van der Waals surface area (Å²) in [5.74, 6) is 0.698. The number of ether oxygens (including phenoxy) is 2. The summed E-state index contributed by atoms with van der Waals surface area (Å²) in [5, 5.41) is 10.3. The van der Waals surface area contributed by atoms with Crippen molar-refractivity contribution in [1.82, 2.24) is 9.62 Å². The first kappa shape index (κ1) is 22.6. The smallest absolute Gasteiger partial charge is 0.238 e. The fraction of sp³-hybridized carbons (Fsp3) is 0.333. The van der Waals surface area contributed by atoms with E-state index in [1.807, 2.05) is 12.1 Å². The van der Waals surface area contributed by atoms with E-state index in [0.717, 1.165) is 16.1 Å². The van der Waals surface area contributed by atoms with Crippen LogP contribution in [0.15, 0.2) is 48.5 Å². The molecule has 1 aliphatic rings. The topological polar surface area (TPSA) is 135 Å². The Balaban J connectivity index is 1.68. The molecule has 2 atom stereocenters. The molecule has 0 aromatic heterocycles. The molecule has 1 fully saturated rings. The summed E-state index contributed by atoms with van der Waals surface area (Å²) < 4.78 is 36.7. The van der Waals surface area contributed by atoms with Crippen molar-refractivity contribution in [1.29, 1.82) is 5.41 Å². The molecule has 2 aromatic carbocycles. The van der Waals surface area contributed by atoms with E-state index in [2.05, 4.69) is 5.32 Å². The Bertz CT molecular complexity index is 1060. The molecule has 0 aliphatic carbocycles. The fourth-order valence-corrected chi connectivity index (χ4v) is 4.52. The van der Waals surface area contributed by atoms with Crippen molar-refractivity contribution >= 4 is 21.8 Å². The lowest BCUT2D eigenvalue weighted by Crippen LogP contribution is -2.45. The van der Waals surface area contributed by atoms with Crippen LogP contribution in [0.2, 0.25) is 0 Å². The molecule has 4 N–H and O–H groups in total. The van der Waals surface area contributed by atoms with E-state index >= 15 is 0 Å². The molecule has 1 amide bonds. The molecular weight excluding hydrogens is 420 g/mol. The number of nitrogen functional groups attached to an aromatic ring is 1. The second-order valence-corrected chi connectivity index (χ2v) is 9.27. The first-order chi connectivity index (χ1) is 14.7. The van der Waals surface area contributed by atoms with Gasteiger partial charge in [-0.1, -0.05) is 24.3 Å². The van der Waals surface area contributed by atoms with Gasteiger partial charge in [-0.3, -0.25) is 10.2 Å². The van der Waals surface area contributed by atoms with Gasteiger partial charge in [0.25, 0.3) is 0 Å². The minimum absolute atomic E-state index is 0.0593. The quantitative estimate of drug-likeness (QED) is 0.410. The zero-order chi connectivity index (χ0) is 22.6. The summed E-state index contributed by atoms with van der Waals surface area (Å²) in [4.78, 5) is 12.8. The van der Waals surface area contributed by atoms with Crippen LogP contribution >= 0.6 is 0 Å². The minimum Gasteiger partial charge on any atom is -0.497 e. The average Bonchev–Trinajstić information content (AvgIpc) is 3.17. The monoisotopic (exact) mass is 446 g/mol. The lowest BCUT2D eigenvalue weighted by atomic mass is 10.1. The Kier molecular flexibility index (Phi) is 6.81. The number of methoxy groups -OCH3 is 1. The van der Waals surface area contributed by atoms with Gasteiger partial charge in [0.15, 0.2) is 0 Å². The van der Waals surface area contributed by atoms with Crippen LogP contribution < -0.4 is 20.5 Å². The van der Waals surface area contributed by atoms with Crippen molar-refractivity contribution in [3.8, 4) is 11.5 Å². The third-order valence-corrected chi connectivity index (χ3v) is 6.28. The molecule has 1 aliphatic heterocycles. The number of nitrogens with two attached hydrogens (primary N) is 1. The Labute approximate surface area is 181 Å². The zero-order valence-electron chi connectivity index (χ0n) is 17.4. The molecule has 1 heterocycles.